The second kappa shape index (κ2) is 33.3. The topological polar surface area (TPSA) is 557 Å². The normalized spacial score (nSPS) is 16.3. The van der Waals surface area contributed by atoms with Crippen molar-refractivity contribution >= 4 is 77.0 Å². The molecule has 418 valence electrons. The lowest BCUT2D eigenvalue weighted by molar-refractivity contribution is -0.145. The third-order valence-corrected chi connectivity index (χ3v) is 11.1. The SMILES string of the molecule is CC(C)C[C@H](NC(=O)[C@H](CCC(=O)O)NC(=O)[C@@H]1CCCN1C(=O)[C@H](CO)NC(=O)[C@H](CO)NC(=O)[C@H](CO)NC(=O)[C@H](CCCN=C(N)N)NC(=O)[C@H](CCC(N)=O)NC(=O)[C@@H](N)CCCN=C(N)N)C(=O)O. The summed E-state index contributed by atoms with van der Waals surface area (Å²) in [5.74, 6) is -12.6. The second-order valence-electron chi connectivity index (χ2n) is 17.6. The average molecular weight is 1060 g/mol. The smallest absolute Gasteiger partial charge is 0.326 e. The zero-order chi connectivity index (χ0) is 56.2. The Morgan fingerprint density at radius 1 is 0.554 bits per heavy atom. The number of nitrogens with two attached hydrogens (primary N) is 6. The number of hydrogen-bond donors (Lipinski definition) is 18. The Labute approximate surface area is 425 Å². The van der Waals surface area contributed by atoms with Crippen molar-refractivity contribution in [3.63, 3.8) is 0 Å². The maximum absolute atomic E-state index is 13.7. The van der Waals surface area contributed by atoms with Crippen LogP contribution >= 0.6 is 0 Å². The number of nitrogens with zero attached hydrogens (tertiary/aromatic N) is 3. The zero-order valence-corrected chi connectivity index (χ0v) is 41.3. The number of carbonyl (C=O) groups is 11. The Hall–Kier alpha value is -7.45. The fraction of sp³-hybridized carbons (Fsp3) is 0.690. The minimum Gasteiger partial charge on any atom is -0.481 e. The van der Waals surface area contributed by atoms with Crippen LogP contribution in [0.3, 0.4) is 0 Å². The first-order chi connectivity index (χ1) is 34.8. The Morgan fingerprint density at radius 2 is 0.973 bits per heavy atom. The average Bonchev–Trinajstić information content (AvgIpc) is 3.83. The Kier molecular flexibility index (Phi) is 29.1. The van der Waals surface area contributed by atoms with E-state index in [1.54, 1.807) is 13.8 Å². The molecule has 24 N–H and O–H groups in total. The quantitative estimate of drug-likeness (QED) is 0.0159. The number of carbonyl (C=O) groups excluding carboxylic acids is 9. The number of aliphatic imine (C=N–C) groups is 2. The number of carboxylic acids is 2. The lowest BCUT2D eigenvalue weighted by atomic mass is 10.0. The van der Waals surface area contributed by atoms with E-state index in [9.17, 15) is 78.3 Å². The molecule has 1 heterocycles. The van der Waals surface area contributed by atoms with Gasteiger partial charge in [-0.05, 0) is 63.7 Å². The van der Waals surface area contributed by atoms with Gasteiger partial charge < -0.3 is 102 Å². The van der Waals surface area contributed by atoms with Crippen molar-refractivity contribution < 1.29 is 78.3 Å². The van der Waals surface area contributed by atoms with Crippen LogP contribution < -0.4 is 71.6 Å². The van der Waals surface area contributed by atoms with Gasteiger partial charge in [0.05, 0.1) is 25.9 Å². The Morgan fingerprint density at radius 3 is 1.43 bits per heavy atom. The molecular formula is C42H74N16O16. The molecule has 32 nitrogen and oxygen atoms in total. The summed E-state index contributed by atoms with van der Waals surface area (Å²) in [6, 6.07) is -14.0. The highest BCUT2D eigenvalue weighted by molar-refractivity contribution is 5.98. The molecule has 0 aliphatic carbocycles. The van der Waals surface area contributed by atoms with Crippen molar-refractivity contribution in [1.29, 1.82) is 0 Å². The van der Waals surface area contributed by atoms with Crippen LogP contribution in [0, 0.1) is 5.92 Å². The number of aliphatic hydroxyl groups excluding tert-OH is 3. The van der Waals surface area contributed by atoms with Crippen LogP contribution in [0.2, 0.25) is 0 Å². The van der Waals surface area contributed by atoms with Crippen LogP contribution in [-0.4, -0.2) is 201 Å². The Bertz CT molecular complexity index is 2020. The minimum atomic E-state index is -1.91. The van der Waals surface area contributed by atoms with Crippen LogP contribution in [0.4, 0.5) is 0 Å². The molecule has 1 fully saturated rings. The Balaban J connectivity index is 3.22. The molecule has 32 heteroatoms. The molecule has 0 aromatic carbocycles. The largest absolute Gasteiger partial charge is 0.481 e. The maximum Gasteiger partial charge on any atom is 0.326 e. The predicted octanol–water partition coefficient (Wildman–Crippen LogP) is -8.96. The van der Waals surface area contributed by atoms with E-state index in [4.69, 9.17) is 34.4 Å². The minimum absolute atomic E-state index is 0.0111. The van der Waals surface area contributed by atoms with E-state index in [1.807, 2.05) is 0 Å². The van der Waals surface area contributed by atoms with Gasteiger partial charge in [-0.3, -0.25) is 57.9 Å². The number of carboxylic acid groups (broad SMARTS) is 2. The predicted molar refractivity (Wildman–Crippen MR) is 260 cm³/mol. The summed E-state index contributed by atoms with van der Waals surface area (Å²) in [7, 11) is 0. The van der Waals surface area contributed by atoms with Gasteiger partial charge in [-0.25, -0.2) is 4.79 Å². The lowest BCUT2D eigenvalue weighted by Crippen LogP contribution is -2.61. The van der Waals surface area contributed by atoms with Gasteiger partial charge in [-0.1, -0.05) is 13.8 Å². The van der Waals surface area contributed by atoms with Crippen molar-refractivity contribution in [2.45, 2.75) is 139 Å². The van der Waals surface area contributed by atoms with E-state index in [0.717, 1.165) is 4.90 Å². The second-order valence-corrected chi connectivity index (χ2v) is 17.6. The summed E-state index contributed by atoms with van der Waals surface area (Å²) in [4.78, 5) is 151. The van der Waals surface area contributed by atoms with Crippen LogP contribution in [0.5, 0.6) is 0 Å². The first kappa shape index (κ1) is 64.6. The summed E-state index contributed by atoms with van der Waals surface area (Å²) >= 11 is 0. The van der Waals surface area contributed by atoms with Crippen LogP contribution in [0.1, 0.15) is 84.5 Å². The third kappa shape index (κ3) is 23.8. The molecule has 9 atom stereocenters. The van der Waals surface area contributed by atoms with Crippen molar-refractivity contribution in [3.8, 4) is 0 Å². The van der Waals surface area contributed by atoms with E-state index in [2.05, 4.69) is 47.2 Å². The van der Waals surface area contributed by atoms with E-state index >= 15 is 0 Å². The third-order valence-electron chi connectivity index (χ3n) is 11.1. The van der Waals surface area contributed by atoms with E-state index in [1.165, 1.54) is 0 Å². The van der Waals surface area contributed by atoms with Gasteiger partial charge in [-0.15, -0.1) is 0 Å². The molecule has 0 saturated carbocycles. The van der Waals surface area contributed by atoms with Crippen molar-refractivity contribution in [1.82, 2.24) is 42.1 Å². The molecule has 0 radical (unpaired) electrons. The van der Waals surface area contributed by atoms with Crippen molar-refractivity contribution in [2.75, 3.05) is 39.5 Å². The van der Waals surface area contributed by atoms with Gasteiger partial charge in [0.1, 0.15) is 48.3 Å². The molecule has 74 heavy (non-hydrogen) atoms. The number of aliphatic carboxylic acids is 2. The molecule has 0 aromatic rings. The number of guanidine groups is 2. The van der Waals surface area contributed by atoms with Gasteiger partial charge in [0.15, 0.2) is 11.9 Å². The molecule has 0 spiro atoms. The molecular weight excluding hydrogens is 985 g/mol. The number of likely N-dealkylation sites (tertiary alicyclic amines) is 1. The zero-order valence-electron chi connectivity index (χ0n) is 41.3. The number of hydrogen-bond acceptors (Lipinski definition) is 17. The first-order valence-corrected chi connectivity index (χ1v) is 23.6. The van der Waals surface area contributed by atoms with E-state index in [0.29, 0.717) is 0 Å². The van der Waals surface area contributed by atoms with Crippen molar-refractivity contribution in [3.05, 3.63) is 0 Å². The molecule has 0 bridgehead atoms. The van der Waals surface area contributed by atoms with Gasteiger partial charge in [0, 0.05) is 32.5 Å². The molecule has 1 aliphatic heterocycles. The van der Waals surface area contributed by atoms with Gasteiger partial charge in [-0.2, -0.15) is 0 Å². The van der Waals surface area contributed by atoms with Crippen molar-refractivity contribution in [2.24, 2.45) is 50.3 Å². The number of amides is 9. The summed E-state index contributed by atoms with van der Waals surface area (Å²) in [5.41, 5.74) is 32.6. The highest BCUT2D eigenvalue weighted by atomic mass is 16.4. The maximum atomic E-state index is 13.7. The molecule has 0 aromatic heterocycles. The fourth-order valence-electron chi connectivity index (χ4n) is 7.19. The van der Waals surface area contributed by atoms with Crippen LogP contribution in [-0.2, 0) is 52.7 Å². The molecule has 9 amide bonds. The number of nitrogens with one attached hydrogen (secondary N) is 7. The fourth-order valence-corrected chi connectivity index (χ4v) is 7.19. The first-order valence-electron chi connectivity index (χ1n) is 23.6. The summed E-state index contributed by atoms with van der Waals surface area (Å²) < 4.78 is 0. The highest BCUT2D eigenvalue weighted by Gasteiger charge is 2.40. The van der Waals surface area contributed by atoms with Gasteiger partial charge >= 0.3 is 11.9 Å². The van der Waals surface area contributed by atoms with Crippen LogP contribution in [0.15, 0.2) is 9.98 Å². The number of primary amides is 1. The lowest BCUT2D eigenvalue weighted by Gasteiger charge is -2.30. The van der Waals surface area contributed by atoms with E-state index < -0.39 is 159 Å². The summed E-state index contributed by atoms with van der Waals surface area (Å²) in [6.07, 6.45) is -1.39. The van der Waals surface area contributed by atoms with Gasteiger partial charge in [0.25, 0.3) is 0 Å². The molecule has 0 unspecified atom stereocenters. The standard InChI is InChI=1S/C42H74N16O16/c1-20(2)16-25(40(73)74)54-35(68)24(10-12-31(63)64)53-38(71)29-8-5-15-58(29)39(72)28(19-61)57-37(70)27(18-60)56-36(69)26(17-59)55-33(66)22(7-4-14-50-42(47)48)52-34(67)23(9-11-30(44)62)51-32(65)21(43)6-3-13-49-41(45)46/h20-29,59-61H,3-19,43H2,1-2H3,(H2,44,62)(H,51,65)(H,52,67)(H,53,71)(H,54,68)(H,55,66)(H,56,69)(H,57,70)(H,63,64)(H,73,74)(H4,45,46,49)(H4,47,48,50)/t21-,22-,23-,24-,25-,26-,27-,28-,29-/m0/s1. The van der Waals surface area contributed by atoms with Crippen LogP contribution in [0.25, 0.3) is 0 Å². The monoisotopic (exact) mass is 1060 g/mol. The van der Waals surface area contributed by atoms with Gasteiger partial charge in [0.2, 0.25) is 53.2 Å². The highest BCUT2D eigenvalue weighted by Crippen LogP contribution is 2.20. The molecule has 1 rings (SSSR count). The summed E-state index contributed by atoms with van der Waals surface area (Å²) in [5, 5.41) is 65.3. The number of rotatable bonds is 35. The summed E-state index contributed by atoms with van der Waals surface area (Å²) in [6.45, 7) is 0.0598. The molecule has 1 aliphatic rings. The number of aliphatic hydroxyl groups is 3. The molecule has 1 saturated heterocycles. The van der Waals surface area contributed by atoms with E-state index in [-0.39, 0.29) is 88.8 Å².